The Balaban J connectivity index is 2.89. The molecular formula is C14H18ClNO3. The highest BCUT2D eigenvalue weighted by atomic mass is 35.5. The van der Waals surface area contributed by atoms with Crippen molar-refractivity contribution < 1.29 is 14.3 Å². The highest BCUT2D eigenvalue weighted by Gasteiger charge is 2.20. The van der Waals surface area contributed by atoms with Crippen LogP contribution in [0.4, 0.5) is 0 Å². The van der Waals surface area contributed by atoms with Gasteiger partial charge in [0.2, 0.25) is 0 Å². The van der Waals surface area contributed by atoms with Crippen LogP contribution < -0.4 is 0 Å². The summed E-state index contributed by atoms with van der Waals surface area (Å²) in [6.07, 6.45) is 0. The number of hydrogen-bond acceptors (Lipinski definition) is 3. The first-order chi connectivity index (χ1) is 9.01. The molecule has 0 saturated carbocycles. The zero-order valence-electron chi connectivity index (χ0n) is 11.4. The number of carbonyl (C=O) groups is 2. The van der Waals surface area contributed by atoms with Crippen LogP contribution in [0.5, 0.6) is 0 Å². The first kappa shape index (κ1) is 15.5. The van der Waals surface area contributed by atoms with Gasteiger partial charge in [-0.3, -0.25) is 9.59 Å². The fraction of sp³-hybridized carbons (Fsp3) is 0.429. The SMILES string of the molecule is CCOC(=O)CN(CC)C(=O)c1cccc(Cl)c1C. The van der Waals surface area contributed by atoms with E-state index in [1.807, 2.05) is 6.92 Å². The lowest BCUT2D eigenvalue weighted by Crippen LogP contribution is -2.36. The number of benzene rings is 1. The molecule has 1 aromatic rings. The highest BCUT2D eigenvalue weighted by molar-refractivity contribution is 6.31. The topological polar surface area (TPSA) is 46.6 Å². The van der Waals surface area contributed by atoms with E-state index in [1.54, 1.807) is 32.0 Å². The summed E-state index contributed by atoms with van der Waals surface area (Å²) in [6, 6.07) is 5.16. The van der Waals surface area contributed by atoms with Crippen LogP contribution in [0, 0.1) is 6.92 Å². The molecule has 4 nitrogen and oxygen atoms in total. The molecule has 0 bridgehead atoms. The number of likely N-dealkylation sites (N-methyl/N-ethyl adjacent to an activating group) is 1. The average Bonchev–Trinajstić information content (AvgIpc) is 2.39. The van der Waals surface area contributed by atoms with Crippen molar-refractivity contribution in [3.05, 3.63) is 34.3 Å². The summed E-state index contributed by atoms with van der Waals surface area (Å²) in [6.45, 7) is 6.03. The van der Waals surface area contributed by atoms with E-state index >= 15 is 0 Å². The van der Waals surface area contributed by atoms with E-state index in [1.165, 1.54) is 4.90 Å². The summed E-state index contributed by atoms with van der Waals surface area (Å²) < 4.78 is 4.86. The summed E-state index contributed by atoms with van der Waals surface area (Å²) in [5.74, 6) is -0.618. The molecule has 0 spiro atoms. The van der Waals surface area contributed by atoms with E-state index in [9.17, 15) is 9.59 Å². The van der Waals surface area contributed by atoms with Crippen LogP contribution in [0.15, 0.2) is 18.2 Å². The van der Waals surface area contributed by atoms with Crippen LogP contribution in [0.1, 0.15) is 29.8 Å². The fourth-order valence-corrected chi connectivity index (χ4v) is 1.87. The molecule has 0 N–H and O–H groups in total. The summed E-state index contributed by atoms with van der Waals surface area (Å²) in [7, 11) is 0. The normalized spacial score (nSPS) is 10.1. The average molecular weight is 284 g/mol. The van der Waals surface area contributed by atoms with Crippen molar-refractivity contribution in [1.29, 1.82) is 0 Å². The van der Waals surface area contributed by atoms with Crippen molar-refractivity contribution in [3.63, 3.8) is 0 Å². The maximum absolute atomic E-state index is 12.3. The van der Waals surface area contributed by atoms with Crippen molar-refractivity contribution in [2.24, 2.45) is 0 Å². The smallest absolute Gasteiger partial charge is 0.325 e. The van der Waals surface area contributed by atoms with Crippen molar-refractivity contribution in [2.75, 3.05) is 19.7 Å². The minimum Gasteiger partial charge on any atom is -0.465 e. The van der Waals surface area contributed by atoms with E-state index in [-0.39, 0.29) is 12.5 Å². The lowest BCUT2D eigenvalue weighted by molar-refractivity contribution is -0.143. The standard InChI is InChI=1S/C14H18ClNO3/c1-4-16(9-13(17)19-5-2)14(18)11-7-6-8-12(15)10(11)3/h6-8H,4-5,9H2,1-3H3. The lowest BCUT2D eigenvalue weighted by Gasteiger charge is -2.21. The third-order valence-corrected chi connectivity index (χ3v) is 3.20. The Morgan fingerprint density at radius 3 is 2.58 bits per heavy atom. The Hall–Kier alpha value is -1.55. The zero-order chi connectivity index (χ0) is 14.4. The predicted molar refractivity (Wildman–Crippen MR) is 74.4 cm³/mol. The van der Waals surface area contributed by atoms with Gasteiger partial charge in [-0.05, 0) is 38.5 Å². The number of esters is 1. The number of ether oxygens (including phenoxy) is 1. The molecule has 0 unspecified atom stereocenters. The first-order valence-corrected chi connectivity index (χ1v) is 6.59. The number of hydrogen-bond donors (Lipinski definition) is 0. The second kappa shape index (κ2) is 7.14. The molecule has 1 rings (SSSR count). The number of nitrogens with zero attached hydrogens (tertiary/aromatic N) is 1. The predicted octanol–water partition coefficient (Wildman–Crippen LogP) is 2.67. The number of amides is 1. The van der Waals surface area contributed by atoms with Crippen molar-refractivity contribution in [3.8, 4) is 0 Å². The number of carbonyl (C=O) groups excluding carboxylic acids is 2. The van der Waals surface area contributed by atoms with E-state index in [0.29, 0.717) is 23.7 Å². The second-order valence-corrected chi connectivity index (χ2v) is 4.44. The van der Waals surface area contributed by atoms with E-state index in [4.69, 9.17) is 16.3 Å². The van der Waals surface area contributed by atoms with Gasteiger partial charge in [0.25, 0.3) is 5.91 Å². The zero-order valence-corrected chi connectivity index (χ0v) is 12.2. The number of halogens is 1. The third kappa shape index (κ3) is 3.96. The molecule has 0 heterocycles. The highest BCUT2D eigenvalue weighted by Crippen LogP contribution is 2.20. The van der Waals surface area contributed by atoms with Crippen molar-refractivity contribution in [1.82, 2.24) is 4.90 Å². The monoisotopic (exact) mass is 283 g/mol. The number of rotatable bonds is 5. The largest absolute Gasteiger partial charge is 0.465 e. The Morgan fingerprint density at radius 1 is 1.32 bits per heavy atom. The van der Waals surface area contributed by atoms with Gasteiger partial charge in [0.15, 0.2) is 0 Å². The molecule has 0 aliphatic rings. The quantitative estimate of drug-likeness (QED) is 0.781. The maximum Gasteiger partial charge on any atom is 0.325 e. The van der Waals surface area contributed by atoms with Gasteiger partial charge in [-0.15, -0.1) is 0 Å². The maximum atomic E-state index is 12.3. The minimum atomic E-state index is -0.405. The molecule has 1 aromatic carbocycles. The second-order valence-electron chi connectivity index (χ2n) is 4.04. The van der Waals surface area contributed by atoms with E-state index in [0.717, 1.165) is 5.56 Å². The Bertz CT molecular complexity index is 474. The molecule has 0 aliphatic heterocycles. The van der Waals surface area contributed by atoms with Crippen molar-refractivity contribution >= 4 is 23.5 Å². The molecule has 0 aromatic heterocycles. The Morgan fingerprint density at radius 2 is 2.00 bits per heavy atom. The van der Waals surface area contributed by atoms with Crippen LogP contribution in [0.2, 0.25) is 5.02 Å². The van der Waals surface area contributed by atoms with Crippen LogP contribution in [0.3, 0.4) is 0 Å². The molecule has 0 atom stereocenters. The molecule has 19 heavy (non-hydrogen) atoms. The molecule has 5 heteroatoms. The third-order valence-electron chi connectivity index (χ3n) is 2.79. The minimum absolute atomic E-state index is 0.0465. The summed E-state index contributed by atoms with van der Waals surface area (Å²) in [5, 5.41) is 0.540. The fourth-order valence-electron chi connectivity index (χ4n) is 1.70. The summed E-state index contributed by atoms with van der Waals surface area (Å²) in [5.41, 5.74) is 1.23. The first-order valence-electron chi connectivity index (χ1n) is 6.21. The van der Waals surface area contributed by atoms with Crippen LogP contribution in [-0.2, 0) is 9.53 Å². The van der Waals surface area contributed by atoms with Gasteiger partial charge in [-0.25, -0.2) is 0 Å². The van der Waals surface area contributed by atoms with E-state index in [2.05, 4.69) is 0 Å². The lowest BCUT2D eigenvalue weighted by atomic mass is 10.1. The molecule has 0 radical (unpaired) electrons. The van der Waals surface area contributed by atoms with Gasteiger partial charge < -0.3 is 9.64 Å². The van der Waals surface area contributed by atoms with E-state index < -0.39 is 5.97 Å². The van der Waals surface area contributed by atoms with Gasteiger partial charge in [0.05, 0.1) is 6.61 Å². The van der Waals surface area contributed by atoms with Gasteiger partial charge in [-0.1, -0.05) is 17.7 Å². The molecule has 104 valence electrons. The molecule has 1 amide bonds. The molecule has 0 saturated heterocycles. The van der Waals surface area contributed by atoms with Crippen LogP contribution in [-0.4, -0.2) is 36.5 Å². The summed E-state index contributed by atoms with van der Waals surface area (Å²) in [4.78, 5) is 25.2. The van der Waals surface area contributed by atoms with Crippen LogP contribution >= 0.6 is 11.6 Å². The molecular weight excluding hydrogens is 266 g/mol. The summed E-state index contributed by atoms with van der Waals surface area (Å²) >= 11 is 6.00. The molecule has 0 fully saturated rings. The van der Waals surface area contributed by atoms with Gasteiger partial charge in [-0.2, -0.15) is 0 Å². The van der Waals surface area contributed by atoms with Crippen molar-refractivity contribution in [2.45, 2.75) is 20.8 Å². The Kier molecular flexibility index (Phi) is 5.83. The molecule has 0 aliphatic carbocycles. The van der Waals surface area contributed by atoms with Gasteiger partial charge in [0, 0.05) is 17.1 Å². The Labute approximate surface area is 118 Å². The van der Waals surface area contributed by atoms with Gasteiger partial charge >= 0.3 is 5.97 Å². The van der Waals surface area contributed by atoms with Crippen LogP contribution in [0.25, 0.3) is 0 Å². The van der Waals surface area contributed by atoms with Gasteiger partial charge in [0.1, 0.15) is 6.54 Å².